The van der Waals surface area contributed by atoms with Crippen molar-refractivity contribution in [2.24, 2.45) is 0 Å². The van der Waals surface area contributed by atoms with Crippen LogP contribution < -0.4 is 4.74 Å². The Labute approximate surface area is 190 Å². The molecule has 2 aliphatic heterocycles. The summed E-state index contributed by atoms with van der Waals surface area (Å²) in [6.45, 7) is 3.51. The van der Waals surface area contributed by atoms with Crippen LogP contribution in [-0.4, -0.2) is 60.5 Å². The molecule has 0 atom stereocenters. The number of hydrogen-bond acceptors (Lipinski definition) is 5. The van der Waals surface area contributed by atoms with Crippen molar-refractivity contribution in [3.8, 4) is 5.75 Å². The first-order chi connectivity index (χ1) is 15.8. The number of nitrogens with zero attached hydrogens (tertiary/aromatic N) is 3. The lowest BCUT2D eigenvalue weighted by Gasteiger charge is -2.42. The molecule has 0 N–H and O–H groups in total. The third kappa shape index (κ3) is 6.19. The maximum absolute atomic E-state index is 12.6. The maximum atomic E-state index is 12.6. The highest BCUT2D eigenvalue weighted by Gasteiger charge is 2.31. The summed E-state index contributed by atoms with van der Waals surface area (Å²) >= 11 is 0. The van der Waals surface area contributed by atoms with Gasteiger partial charge in [-0.05, 0) is 28.8 Å². The van der Waals surface area contributed by atoms with Gasteiger partial charge in [-0.1, -0.05) is 42.5 Å². The van der Waals surface area contributed by atoms with Crippen molar-refractivity contribution >= 4 is 6.09 Å². The zero-order valence-corrected chi connectivity index (χ0v) is 18.3. The number of rotatable bonds is 5. The highest BCUT2D eigenvalue weighted by molar-refractivity contribution is 5.68. The smallest absolute Gasteiger partial charge is 0.445 e. The summed E-state index contributed by atoms with van der Waals surface area (Å²) in [5, 5.41) is 0. The van der Waals surface area contributed by atoms with Gasteiger partial charge in [-0.3, -0.25) is 4.90 Å². The Morgan fingerprint density at radius 1 is 1.00 bits per heavy atom. The van der Waals surface area contributed by atoms with E-state index in [0.29, 0.717) is 18.7 Å². The van der Waals surface area contributed by atoms with Gasteiger partial charge in [0.25, 0.3) is 0 Å². The number of benzene rings is 2. The molecule has 33 heavy (non-hydrogen) atoms. The van der Waals surface area contributed by atoms with Crippen LogP contribution in [0, 0.1) is 0 Å². The summed E-state index contributed by atoms with van der Waals surface area (Å²) in [4.78, 5) is 18.9. The van der Waals surface area contributed by atoms with Crippen molar-refractivity contribution < 1.29 is 27.4 Å². The summed E-state index contributed by atoms with van der Waals surface area (Å²) in [7, 11) is 2.08. The van der Waals surface area contributed by atoms with Crippen molar-refractivity contribution in [2.75, 3.05) is 33.4 Å². The fourth-order valence-electron chi connectivity index (χ4n) is 4.25. The molecule has 0 aliphatic carbocycles. The first kappa shape index (κ1) is 23.0. The number of hydrogen-bond donors (Lipinski definition) is 0. The summed E-state index contributed by atoms with van der Waals surface area (Å²) in [6, 6.07) is 15.6. The van der Waals surface area contributed by atoms with Crippen LogP contribution in [0.3, 0.4) is 0 Å². The van der Waals surface area contributed by atoms with Gasteiger partial charge in [0.2, 0.25) is 0 Å². The van der Waals surface area contributed by atoms with Crippen LogP contribution in [0.4, 0.5) is 18.0 Å². The minimum Gasteiger partial charge on any atom is -0.445 e. The van der Waals surface area contributed by atoms with Crippen LogP contribution >= 0.6 is 0 Å². The van der Waals surface area contributed by atoms with Gasteiger partial charge in [-0.15, -0.1) is 13.2 Å². The molecule has 0 bridgehead atoms. The van der Waals surface area contributed by atoms with Crippen LogP contribution in [0.1, 0.15) is 17.5 Å². The molecular formula is C24H26F3N3O3. The Hall–Kier alpha value is -3.20. The number of alkyl halides is 3. The van der Waals surface area contributed by atoms with Crippen LogP contribution in [0.15, 0.2) is 65.9 Å². The van der Waals surface area contributed by atoms with Crippen molar-refractivity contribution in [1.82, 2.24) is 14.7 Å². The minimum atomic E-state index is -4.74. The molecule has 2 aromatic carbocycles. The Kier molecular flexibility index (Phi) is 6.78. The van der Waals surface area contributed by atoms with Gasteiger partial charge in [0.15, 0.2) is 0 Å². The van der Waals surface area contributed by atoms with E-state index in [0.717, 1.165) is 26.2 Å². The molecule has 2 heterocycles. The Bertz CT molecular complexity index is 994. The molecule has 176 valence electrons. The zero-order chi connectivity index (χ0) is 23.4. The molecule has 6 nitrogen and oxygen atoms in total. The van der Waals surface area contributed by atoms with E-state index in [1.165, 1.54) is 41.1 Å². The van der Waals surface area contributed by atoms with Gasteiger partial charge in [0, 0.05) is 45.3 Å². The van der Waals surface area contributed by atoms with Gasteiger partial charge in [-0.25, -0.2) is 4.79 Å². The monoisotopic (exact) mass is 461 g/mol. The molecule has 0 spiro atoms. The molecule has 2 aliphatic rings. The van der Waals surface area contributed by atoms with E-state index in [-0.39, 0.29) is 12.4 Å². The summed E-state index contributed by atoms with van der Waals surface area (Å²) in [6.07, 6.45) is -4.40. The number of carbonyl (C=O) groups excluding carboxylic acids is 1. The van der Waals surface area contributed by atoms with E-state index in [4.69, 9.17) is 4.74 Å². The third-order valence-corrected chi connectivity index (χ3v) is 5.72. The van der Waals surface area contributed by atoms with E-state index in [1.807, 2.05) is 18.2 Å². The largest absolute Gasteiger partial charge is 0.573 e. The number of ether oxygens (including phenoxy) is 2. The van der Waals surface area contributed by atoms with E-state index >= 15 is 0 Å². The van der Waals surface area contributed by atoms with Gasteiger partial charge in [-0.2, -0.15) is 0 Å². The van der Waals surface area contributed by atoms with Crippen LogP contribution in [0.2, 0.25) is 0 Å². The van der Waals surface area contributed by atoms with Crippen molar-refractivity contribution in [3.63, 3.8) is 0 Å². The van der Waals surface area contributed by atoms with Crippen LogP contribution in [0.5, 0.6) is 5.75 Å². The van der Waals surface area contributed by atoms with Gasteiger partial charge in [0.05, 0.1) is 6.67 Å². The second-order valence-electron chi connectivity index (χ2n) is 8.28. The number of amides is 1. The standard InChI is InChI=1S/C24H26F3N3O3/c1-28-17-29(13-18-5-3-2-4-6-18)14-20-15-30(12-11-22(20)28)23(31)32-16-19-7-9-21(10-8-19)33-24(25,26)27/h2-10H,11-17H2,1H3. The van der Waals surface area contributed by atoms with Gasteiger partial charge >= 0.3 is 12.5 Å². The second kappa shape index (κ2) is 9.74. The van der Waals surface area contributed by atoms with Gasteiger partial charge in [0.1, 0.15) is 12.4 Å². The quantitative estimate of drug-likeness (QED) is 0.652. The van der Waals surface area contributed by atoms with E-state index in [9.17, 15) is 18.0 Å². The molecule has 1 amide bonds. The van der Waals surface area contributed by atoms with Crippen molar-refractivity contribution in [2.45, 2.75) is 25.9 Å². The minimum absolute atomic E-state index is 0.0203. The van der Waals surface area contributed by atoms with Crippen LogP contribution in [-0.2, 0) is 17.9 Å². The number of halogens is 3. The second-order valence-corrected chi connectivity index (χ2v) is 8.28. The lowest BCUT2D eigenvalue weighted by atomic mass is 10.0. The fraction of sp³-hybridized carbons (Fsp3) is 0.375. The average Bonchev–Trinajstić information content (AvgIpc) is 2.78. The zero-order valence-electron chi connectivity index (χ0n) is 18.3. The molecule has 9 heteroatoms. The maximum Gasteiger partial charge on any atom is 0.573 e. The number of carbonyl (C=O) groups is 1. The summed E-state index contributed by atoms with van der Waals surface area (Å²) in [5.41, 5.74) is 4.31. The fourth-order valence-corrected chi connectivity index (χ4v) is 4.25. The Balaban J connectivity index is 1.31. The topological polar surface area (TPSA) is 45.2 Å². The molecule has 0 saturated heterocycles. The first-order valence-corrected chi connectivity index (χ1v) is 10.7. The summed E-state index contributed by atoms with van der Waals surface area (Å²) < 4.78 is 46.1. The molecular weight excluding hydrogens is 435 g/mol. The Morgan fingerprint density at radius 3 is 2.42 bits per heavy atom. The van der Waals surface area contributed by atoms with Crippen molar-refractivity contribution in [1.29, 1.82) is 0 Å². The molecule has 0 saturated carbocycles. The van der Waals surface area contributed by atoms with Gasteiger partial charge < -0.3 is 19.3 Å². The first-order valence-electron chi connectivity index (χ1n) is 10.7. The van der Waals surface area contributed by atoms with E-state index < -0.39 is 12.5 Å². The van der Waals surface area contributed by atoms with Crippen LogP contribution in [0.25, 0.3) is 0 Å². The molecule has 0 aromatic heterocycles. The molecule has 2 aromatic rings. The predicted octanol–water partition coefficient (Wildman–Crippen LogP) is 4.59. The Morgan fingerprint density at radius 2 is 1.73 bits per heavy atom. The average molecular weight is 461 g/mol. The van der Waals surface area contributed by atoms with E-state index in [2.05, 4.69) is 33.7 Å². The molecule has 0 radical (unpaired) electrons. The highest BCUT2D eigenvalue weighted by Crippen LogP contribution is 2.27. The SMILES string of the molecule is CN1CN(Cc2ccccc2)CC2=C1CCN(C(=O)OCc1ccc(OC(F)(F)F)cc1)C2. The summed E-state index contributed by atoms with van der Waals surface area (Å²) in [5.74, 6) is -0.311. The van der Waals surface area contributed by atoms with Crippen molar-refractivity contribution in [3.05, 3.63) is 77.0 Å². The lowest BCUT2D eigenvalue weighted by molar-refractivity contribution is -0.274. The highest BCUT2D eigenvalue weighted by atomic mass is 19.4. The predicted molar refractivity (Wildman–Crippen MR) is 116 cm³/mol. The van der Waals surface area contributed by atoms with E-state index in [1.54, 1.807) is 4.90 Å². The molecule has 0 unspecified atom stereocenters. The lowest BCUT2D eigenvalue weighted by Crippen LogP contribution is -2.48. The molecule has 0 fully saturated rings. The normalized spacial score (nSPS) is 17.1. The molecule has 4 rings (SSSR count). The third-order valence-electron chi connectivity index (χ3n) is 5.72.